The zero-order chi connectivity index (χ0) is 14.5. The molecule has 0 fully saturated rings. The number of benzene rings is 1. The number of carbonyl (C=O) groups is 2. The lowest BCUT2D eigenvalue weighted by Crippen LogP contribution is -2.10. The quantitative estimate of drug-likeness (QED) is 0.878. The van der Waals surface area contributed by atoms with E-state index in [2.05, 4.69) is 17.0 Å². The highest BCUT2D eigenvalue weighted by atomic mass is 32.1. The van der Waals surface area contributed by atoms with Crippen molar-refractivity contribution in [3.8, 4) is 0 Å². The molecule has 0 aliphatic heterocycles. The topological polar surface area (TPSA) is 55.4 Å². The van der Waals surface area contributed by atoms with Crippen molar-refractivity contribution in [2.45, 2.75) is 13.3 Å². The van der Waals surface area contributed by atoms with Gasteiger partial charge in [-0.25, -0.2) is 4.79 Å². The first kappa shape index (κ1) is 14.3. The predicted molar refractivity (Wildman–Crippen MR) is 79.4 cm³/mol. The fourth-order valence-corrected chi connectivity index (χ4v) is 2.53. The number of nitrogens with one attached hydrogen (secondary N) is 1. The van der Waals surface area contributed by atoms with Crippen LogP contribution < -0.4 is 5.32 Å². The molecule has 1 heterocycles. The van der Waals surface area contributed by atoms with E-state index >= 15 is 0 Å². The predicted octanol–water partition coefficient (Wildman–Crippen LogP) is 3.35. The zero-order valence-electron chi connectivity index (χ0n) is 11.3. The van der Waals surface area contributed by atoms with Gasteiger partial charge in [-0.3, -0.25) is 4.79 Å². The largest absolute Gasteiger partial charge is 0.465 e. The van der Waals surface area contributed by atoms with Crippen LogP contribution in [0.15, 0.2) is 36.4 Å². The summed E-state index contributed by atoms with van der Waals surface area (Å²) < 4.78 is 4.62. The second kappa shape index (κ2) is 6.34. The average Bonchev–Trinajstić information content (AvgIpc) is 2.96. The molecule has 0 aliphatic carbocycles. The second-order valence-electron chi connectivity index (χ2n) is 4.14. The molecule has 1 aromatic heterocycles. The Morgan fingerprint density at radius 1 is 1.15 bits per heavy atom. The summed E-state index contributed by atoms with van der Waals surface area (Å²) in [5, 5.41) is 2.80. The van der Waals surface area contributed by atoms with Crippen molar-refractivity contribution >= 4 is 28.9 Å². The molecular weight excluding hydrogens is 274 g/mol. The first-order valence-corrected chi connectivity index (χ1v) is 7.04. The van der Waals surface area contributed by atoms with Gasteiger partial charge in [-0.05, 0) is 42.8 Å². The molecule has 2 rings (SSSR count). The summed E-state index contributed by atoms with van der Waals surface area (Å²) in [6, 6.07) is 10.4. The monoisotopic (exact) mass is 289 g/mol. The van der Waals surface area contributed by atoms with Gasteiger partial charge in [0.25, 0.3) is 5.91 Å². The number of methoxy groups -OCH3 is 1. The normalized spacial score (nSPS) is 10.1. The second-order valence-corrected chi connectivity index (χ2v) is 5.31. The van der Waals surface area contributed by atoms with Crippen LogP contribution >= 0.6 is 11.3 Å². The standard InChI is InChI=1S/C15H15NO3S/c1-3-12-8-9-13(20-12)14(17)16-11-6-4-10(5-7-11)15(18)19-2/h4-9H,3H2,1-2H3,(H,16,17). The van der Waals surface area contributed by atoms with E-state index in [0.29, 0.717) is 16.1 Å². The molecular formula is C15H15NO3S. The SMILES string of the molecule is CCc1ccc(C(=O)Nc2ccc(C(=O)OC)cc2)s1. The number of thiophene rings is 1. The number of amides is 1. The van der Waals surface area contributed by atoms with Crippen molar-refractivity contribution in [2.75, 3.05) is 12.4 Å². The molecule has 0 atom stereocenters. The molecule has 0 aliphatic rings. The summed E-state index contributed by atoms with van der Waals surface area (Å²) in [4.78, 5) is 25.2. The molecule has 0 spiro atoms. The molecule has 0 bridgehead atoms. The fraction of sp³-hybridized carbons (Fsp3) is 0.200. The maximum Gasteiger partial charge on any atom is 0.337 e. The number of rotatable bonds is 4. The number of aryl methyl sites for hydroxylation is 1. The summed E-state index contributed by atoms with van der Waals surface area (Å²) in [6.07, 6.45) is 0.922. The van der Waals surface area contributed by atoms with Crippen molar-refractivity contribution in [1.82, 2.24) is 0 Å². The van der Waals surface area contributed by atoms with E-state index in [4.69, 9.17) is 0 Å². The van der Waals surface area contributed by atoms with E-state index in [0.717, 1.165) is 6.42 Å². The van der Waals surface area contributed by atoms with E-state index in [1.165, 1.54) is 23.3 Å². The van der Waals surface area contributed by atoms with Gasteiger partial charge >= 0.3 is 5.97 Å². The lowest BCUT2D eigenvalue weighted by atomic mass is 10.2. The van der Waals surface area contributed by atoms with Crippen LogP contribution in [0.1, 0.15) is 31.8 Å². The van der Waals surface area contributed by atoms with Crippen molar-refractivity contribution in [3.63, 3.8) is 0 Å². The molecule has 5 heteroatoms. The third kappa shape index (κ3) is 3.24. The minimum atomic E-state index is -0.395. The van der Waals surface area contributed by atoms with Gasteiger partial charge in [-0.1, -0.05) is 6.92 Å². The van der Waals surface area contributed by atoms with Crippen LogP contribution in [0.4, 0.5) is 5.69 Å². The van der Waals surface area contributed by atoms with Gasteiger partial charge in [-0.15, -0.1) is 11.3 Å². The first-order valence-electron chi connectivity index (χ1n) is 6.22. The molecule has 0 unspecified atom stereocenters. The summed E-state index contributed by atoms with van der Waals surface area (Å²) in [5.74, 6) is -0.533. The van der Waals surface area contributed by atoms with Gasteiger partial charge in [0, 0.05) is 10.6 Å². The lowest BCUT2D eigenvalue weighted by molar-refractivity contribution is 0.0600. The molecule has 2 aromatic rings. The number of esters is 1. The molecule has 1 N–H and O–H groups in total. The Labute approximate surface area is 121 Å². The Morgan fingerprint density at radius 3 is 2.40 bits per heavy atom. The number of hydrogen-bond donors (Lipinski definition) is 1. The highest BCUT2D eigenvalue weighted by molar-refractivity contribution is 7.14. The number of hydrogen-bond acceptors (Lipinski definition) is 4. The fourth-order valence-electron chi connectivity index (χ4n) is 1.69. The highest BCUT2D eigenvalue weighted by Gasteiger charge is 2.10. The Bertz CT molecular complexity index is 616. The van der Waals surface area contributed by atoms with E-state index in [1.807, 2.05) is 12.1 Å². The van der Waals surface area contributed by atoms with Crippen LogP contribution in [0.5, 0.6) is 0 Å². The van der Waals surface area contributed by atoms with E-state index in [-0.39, 0.29) is 5.91 Å². The molecule has 4 nitrogen and oxygen atoms in total. The van der Waals surface area contributed by atoms with Gasteiger partial charge in [-0.2, -0.15) is 0 Å². The van der Waals surface area contributed by atoms with E-state index < -0.39 is 5.97 Å². The Kier molecular flexibility index (Phi) is 4.53. The average molecular weight is 289 g/mol. The number of carbonyl (C=O) groups excluding carboxylic acids is 2. The van der Waals surface area contributed by atoms with Crippen LogP contribution in [0.25, 0.3) is 0 Å². The van der Waals surface area contributed by atoms with Gasteiger partial charge in [0.05, 0.1) is 17.6 Å². The van der Waals surface area contributed by atoms with Crippen molar-refractivity contribution in [1.29, 1.82) is 0 Å². The van der Waals surface area contributed by atoms with Crippen molar-refractivity contribution < 1.29 is 14.3 Å². The molecule has 0 saturated heterocycles. The van der Waals surface area contributed by atoms with Gasteiger partial charge in [0.1, 0.15) is 0 Å². The van der Waals surface area contributed by atoms with Crippen LogP contribution in [-0.4, -0.2) is 19.0 Å². The Balaban J connectivity index is 2.06. The third-order valence-corrected chi connectivity index (χ3v) is 4.03. The van der Waals surface area contributed by atoms with Gasteiger partial charge < -0.3 is 10.1 Å². The van der Waals surface area contributed by atoms with Gasteiger partial charge in [0.2, 0.25) is 0 Å². The maximum atomic E-state index is 12.0. The van der Waals surface area contributed by atoms with E-state index in [9.17, 15) is 9.59 Å². The first-order chi connectivity index (χ1) is 9.63. The van der Waals surface area contributed by atoms with Gasteiger partial charge in [0.15, 0.2) is 0 Å². The van der Waals surface area contributed by atoms with Crippen LogP contribution in [0.2, 0.25) is 0 Å². The molecule has 0 radical (unpaired) electrons. The highest BCUT2D eigenvalue weighted by Crippen LogP contribution is 2.19. The molecule has 1 amide bonds. The summed E-state index contributed by atoms with van der Waals surface area (Å²) in [6.45, 7) is 2.05. The molecule has 20 heavy (non-hydrogen) atoms. The van der Waals surface area contributed by atoms with Crippen LogP contribution in [-0.2, 0) is 11.2 Å². The third-order valence-electron chi connectivity index (χ3n) is 2.80. The molecule has 0 saturated carbocycles. The smallest absolute Gasteiger partial charge is 0.337 e. The molecule has 104 valence electrons. The lowest BCUT2D eigenvalue weighted by Gasteiger charge is -2.04. The van der Waals surface area contributed by atoms with Crippen LogP contribution in [0, 0.1) is 0 Å². The molecule has 1 aromatic carbocycles. The number of anilines is 1. The maximum absolute atomic E-state index is 12.0. The Morgan fingerprint density at radius 2 is 1.85 bits per heavy atom. The minimum absolute atomic E-state index is 0.138. The van der Waals surface area contributed by atoms with E-state index in [1.54, 1.807) is 24.3 Å². The Hall–Kier alpha value is -2.14. The summed E-state index contributed by atoms with van der Waals surface area (Å²) >= 11 is 1.49. The summed E-state index contributed by atoms with van der Waals surface area (Å²) in [5.41, 5.74) is 1.10. The number of ether oxygens (including phenoxy) is 1. The zero-order valence-corrected chi connectivity index (χ0v) is 12.1. The van der Waals surface area contributed by atoms with Crippen LogP contribution in [0.3, 0.4) is 0 Å². The minimum Gasteiger partial charge on any atom is -0.465 e. The van der Waals surface area contributed by atoms with Crippen molar-refractivity contribution in [2.24, 2.45) is 0 Å². The van der Waals surface area contributed by atoms with Crippen molar-refractivity contribution in [3.05, 3.63) is 51.7 Å². The summed E-state index contributed by atoms with van der Waals surface area (Å²) in [7, 11) is 1.33.